The van der Waals surface area contributed by atoms with Gasteiger partial charge in [0.25, 0.3) is 0 Å². The molecule has 0 bridgehead atoms. The number of carboxylic acids is 1. The van der Waals surface area contributed by atoms with Crippen molar-refractivity contribution in [2.75, 3.05) is 0 Å². The molecule has 1 rings (SSSR count). The lowest BCUT2D eigenvalue weighted by Gasteiger charge is -1.93. The van der Waals surface area contributed by atoms with E-state index in [0.717, 1.165) is 4.47 Å². The number of aliphatic carboxylic acids is 1. The number of hydrogen-bond donors (Lipinski definition) is 2. The SMILES string of the molecule is CC/C(O)=C(\C#[N+]c1ccc(Br)cn1)C(=O)O. The molecule has 1 aromatic heterocycles. The number of allylic oxidation sites excluding steroid dienone is 1. The lowest BCUT2D eigenvalue weighted by atomic mass is 10.2. The Morgan fingerprint density at radius 3 is 2.71 bits per heavy atom. The molecule has 0 fully saturated rings. The lowest BCUT2D eigenvalue weighted by molar-refractivity contribution is -0.132. The van der Waals surface area contributed by atoms with Gasteiger partial charge < -0.3 is 10.2 Å². The summed E-state index contributed by atoms with van der Waals surface area (Å²) in [5.41, 5.74) is -0.350. The van der Waals surface area contributed by atoms with E-state index in [0.29, 0.717) is 5.82 Å². The highest BCUT2D eigenvalue weighted by molar-refractivity contribution is 9.10. The highest BCUT2D eigenvalue weighted by Gasteiger charge is 2.14. The van der Waals surface area contributed by atoms with Crippen molar-refractivity contribution in [1.29, 1.82) is 0 Å². The van der Waals surface area contributed by atoms with Gasteiger partial charge in [-0.25, -0.2) is 4.79 Å². The third kappa shape index (κ3) is 3.89. The highest BCUT2D eigenvalue weighted by atomic mass is 79.9. The smallest absolute Gasteiger partial charge is 0.426 e. The van der Waals surface area contributed by atoms with Crippen molar-refractivity contribution in [3.8, 4) is 6.07 Å². The number of rotatable bonds is 2. The van der Waals surface area contributed by atoms with Crippen LogP contribution in [0, 0.1) is 6.07 Å². The Bertz CT molecular complexity index is 512. The molecule has 0 radical (unpaired) electrons. The number of aliphatic hydroxyl groups excluding tert-OH is 1. The number of pyridine rings is 1. The summed E-state index contributed by atoms with van der Waals surface area (Å²) >= 11 is 3.22. The molecule has 0 unspecified atom stereocenters. The van der Waals surface area contributed by atoms with Gasteiger partial charge in [0.15, 0.2) is 11.8 Å². The summed E-state index contributed by atoms with van der Waals surface area (Å²) in [6.45, 7) is 1.64. The molecule has 0 amide bonds. The fourth-order valence-electron chi connectivity index (χ4n) is 0.960. The van der Waals surface area contributed by atoms with Gasteiger partial charge in [0, 0.05) is 6.42 Å². The van der Waals surface area contributed by atoms with Crippen molar-refractivity contribution in [2.45, 2.75) is 13.3 Å². The van der Waals surface area contributed by atoms with Crippen LogP contribution >= 0.6 is 15.9 Å². The molecule has 1 heterocycles. The predicted molar refractivity (Wildman–Crippen MR) is 66.4 cm³/mol. The molecule has 0 saturated carbocycles. The van der Waals surface area contributed by atoms with E-state index in [1.807, 2.05) is 0 Å². The average Bonchev–Trinajstić information content (AvgIpc) is 2.31. The molecule has 0 aromatic carbocycles. The molecule has 0 aliphatic rings. The molecule has 0 atom stereocenters. The fourth-order valence-corrected chi connectivity index (χ4v) is 1.19. The van der Waals surface area contributed by atoms with E-state index in [-0.39, 0.29) is 17.8 Å². The van der Waals surface area contributed by atoms with Gasteiger partial charge in [-0.1, -0.05) is 6.92 Å². The van der Waals surface area contributed by atoms with E-state index >= 15 is 0 Å². The maximum absolute atomic E-state index is 10.8. The summed E-state index contributed by atoms with van der Waals surface area (Å²) in [6.07, 6.45) is 1.74. The van der Waals surface area contributed by atoms with Gasteiger partial charge in [0.2, 0.25) is 6.07 Å². The quantitative estimate of drug-likeness (QED) is 0.500. The highest BCUT2D eigenvalue weighted by Crippen LogP contribution is 2.14. The average molecular weight is 298 g/mol. The van der Waals surface area contributed by atoms with Gasteiger partial charge in [-0.2, -0.15) is 0 Å². The van der Waals surface area contributed by atoms with E-state index in [9.17, 15) is 9.90 Å². The van der Waals surface area contributed by atoms with E-state index in [4.69, 9.17) is 5.11 Å². The second kappa shape index (κ2) is 6.01. The molecule has 0 spiro atoms. The maximum atomic E-state index is 10.8. The molecule has 2 N–H and O–H groups in total. The van der Waals surface area contributed by atoms with Crippen molar-refractivity contribution >= 4 is 27.7 Å². The molecule has 88 valence electrons. The Morgan fingerprint density at radius 2 is 2.24 bits per heavy atom. The number of aromatic nitrogens is 1. The van der Waals surface area contributed by atoms with Crippen LogP contribution in [0.4, 0.5) is 5.82 Å². The first-order valence-corrected chi connectivity index (χ1v) is 5.57. The Morgan fingerprint density at radius 1 is 1.53 bits per heavy atom. The zero-order valence-corrected chi connectivity index (χ0v) is 10.6. The van der Waals surface area contributed by atoms with E-state index in [1.165, 1.54) is 6.20 Å². The van der Waals surface area contributed by atoms with Crippen LogP contribution in [0.2, 0.25) is 0 Å². The standard InChI is InChI=1S/C11H9BrN2O3/c1-2-9(15)8(11(16)17)6-14-10-4-3-7(12)5-13-10/h3-5H,2H2,1H3,(H,16,17)/p+1. The maximum Gasteiger partial charge on any atom is 0.426 e. The number of carbonyl (C=O) groups is 1. The van der Waals surface area contributed by atoms with Gasteiger partial charge in [-0.05, 0) is 27.0 Å². The lowest BCUT2D eigenvalue weighted by Crippen LogP contribution is -2.02. The zero-order valence-electron chi connectivity index (χ0n) is 9.01. The van der Waals surface area contributed by atoms with E-state index < -0.39 is 5.97 Å². The van der Waals surface area contributed by atoms with Crippen molar-refractivity contribution in [1.82, 2.24) is 4.98 Å². The third-order valence-corrected chi connectivity index (χ3v) is 2.30. The van der Waals surface area contributed by atoms with E-state index in [1.54, 1.807) is 19.1 Å². The van der Waals surface area contributed by atoms with Gasteiger partial charge in [0.1, 0.15) is 5.76 Å². The minimum atomic E-state index is -1.27. The topological polar surface area (TPSA) is 74.8 Å². The first kappa shape index (κ1) is 13.2. The van der Waals surface area contributed by atoms with Gasteiger partial charge >= 0.3 is 11.8 Å². The van der Waals surface area contributed by atoms with Crippen molar-refractivity contribution in [3.05, 3.63) is 39.0 Å². The second-order valence-corrected chi connectivity index (χ2v) is 3.95. The third-order valence-electron chi connectivity index (χ3n) is 1.83. The second-order valence-electron chi connectivity index (χ2n) is 3.04. The molecule has 17 heavy (non-hydrogen) atoms. The first-order chi connectivity index (χ1) is 8.04. The zero-order chi connectivity index (χ0) is 12.8. The molecular weight excluding hydrogens is 288 g/mol. The number of aliphatic hydroxyl groups is 1. The minimum absolute atomic E-state index is 0.206. The number of hydrogen-bond acceptors (Lipinski definition) is 3. The van der Waals surface area contributed by atoms with Crippen LogP contribution in [0.25, 0.3) is 4.85 Å². The molecule has 0 aliphatic carbocycles. The molecular formula is C11H10BrN2O3+. The van der Waals surface area contributed by atoms with Crippen LogP contribution in [0.5, 0.6) is 0 Å². The van der Waals surface area contributed by atoms with Crippen molar-refractivity contribution in [3.63, 3.8) is 0 Å². The first-order valence-electron chi connectivity index (χ1n) is 4.78. The molecule has 0 aliphatic heterocycles. The Balaban J connectivity index is 3.04. The molecule has 5 nitrogen and oxygen atoms in total. The molecule has 0 saturated heterocycles. The largest absolute Gasteiger partial charge is 0.511 e. The van der Waals surface area contributed by atoms with Crippen LogP contribution < -0.4 is 0 Å². The molecule has 1 aromatic rings. The number of nitrogens with zero attached hydrogens (tertiary/aromatic N) is 2. The van der Waals surface area contributed by atoms with Crippen LogP contribution in [0.3, 0.4) is 0 Å². The predicted octanol–water partition coefficient (Wildman–Crippen LogP) is 3.12. The Kier molecular flexibility index (Phi) is 4.67. The summed E-state index contributed by atoms with van der Waals surface area (Å²) in [6, 6.07) is 5.60. The van der Waals surface area contributed by atoms with Gasteiger partial charge in [-0.15, -0.1) is 4.85 Å². The summed E-state index contributed by atoms with van der Waals surface area (Å²) in [4.78, 5) is 18.5. The number of carboxylic acid groups (broad SMARTS) is 1. The Labute approximate surface area is 106 Å². The summed E-state index contributed by atoms with van der Waals surface area (Å²) < 4.78 is 0.793. The van der Waals surface area contributed by atoms with Crippen LogP contribution in [-0.4, -0.2) is 21.2 Å². The van der Waals surface area contributed by atoms with Gasteiger partial charge in [-0.3, -0.25) is 0 Å². The van der Waals surface area contributed by atoms with E-state index in [2.05, 4.69) is 31.8 Å². The minimum Gasteiger partial charge on any atom is -0.511 e. The normalized spacial score (nSPS) is 11.2. The van der Waals surface area contributed by atoms with Crippen LogP contribution in [-0.2, 0) is 4.79 Å². The fraction of sp³-hybridized carbons (Fsp3) is 0.182. The van der Waals surface area contributed by atoms with Crippen LogP contribution in [0.15, 0.2) is 34.1 Å². The summed E-state index contributed by atoms with van der Waals surface area (Å²) in [5.74, 6) is -1.22. The van der Waals surface area contributed by atoms with Gasteiger partial charge in [0.05, 0.1) is 10.5 Å². The number of halogens is 1. The summed E-state index contributed by atoms with van der Waals surface area (Å²) in [5, 5.41) is 18.2. The molecule has 6 heteroatoms. The monoisotopic (exact) mass is 297 g/mol. The Hall–Kier alpha value is -1.87. The van der Waals surface area contributed by atoms with Crippen LogP contribution in [0.1, 0.15) is 13.3 Å². The van der Waals surface area contributed by atoms with Crippen molar-refractivity contribution in [2.24, 2.45) is 0 Å². The van der Waals surface area contributed by atoms with Crippen molar-refractivity contribution < 1.29 is 15.0 Å². The summed E-state index contributed by atoms with van der Waals surface area (Å²) in [7, 11) is 0.